The van der Waals surface area contributed by atoms with E-state index in [1.54, 1.807) is 0 Å². The lowest BCUT2D eigenvalue weighted by atomic mass is 9.77. The van der Waals surface area contributed by atoms with E-state index in [1.165, 1.54) is 18.4 Å². The largest absolute Gasteiger partial charge is 0.461 e. The smallest absolute Gasteiger partial charge is 0.310 e. The molecule has 5 fully saturated rings. The topological polar surface area (TPSA) is 42.1 Å². The zero-order chi connectivity index (χ0) is 15.8. The number of epoxide rings is 1. The second kappa shape index (κ2) is 4.82. The molecule has 0 unspecified atom stereocenters. The molecule has 5 aliphatic rings. The first-order chi connectivity index (χ1) is 11.1. The van der Waals surface area contributed by atoms with Gasteiger partial charge >= 0.3 is 5.97 Å². The summed E-state index contributed by atoms with van der Waals surface area (Å²) in [7, 11) is 0. The maximum Gasteiger partial charge on any atom is 0.310 e. The lowest BCUT2D eigenvalue weighted by molar-refractivity contribution is -0.147. The van der Waals surface area contributed by atoms with E-state index >= 15 is 0 Å². The summed E-state index contributed by atoms with van der Waals surface area (Å²) >= 11 is 0. The van der Waals surface area contributed by atoms with Gasteiger partial charge in [0.25, 0.3) is 0 Å². The van der Waals surface area contributed by atoms with Crippen LogP contribution in [0.2, 0.25) is 0 Å². The Bertz CT molecular complexity index is 555. The fourth-order valence-corrected chi connectivity index (χ4v) is 6.01. The summed E-state index contributed by atoms with van der Waals surface area (Å²) in [6.45, 7) is 9.77. The van der Waals surface area contributed by atoms with E-state index in [9.17, 15) is 4.79 Å². The molecule has 0 bridgehead atoms. The molecular formula is C19H27NO3. The molecule has 4 heteroatoms. The van der Waals surface area contributed by atoms with Crippen molar-refractivity contribution >= 4 is 5.97 Å². The highest BCUT2D eigenvalue weighted by atomic mass is 16.6. The molecule has 0 N–H and O–H groups in total. The highest BCUT2D eigenvalue weighted by Crippen LogP contribution is 2.63. The van der Waals surface area contributed by atoms with Gasteiger partial charge in [-0.3, -0.25) is 4.79 Å². The molecule has 0 aromatic carbocycles. The average molecular weight is 317 g/mol. The van der Waals surface area contributed by atoms with Gasteiger partial charge in [-0.25, -0.2) is 0 Å². The first-order valence-corrected chi connectivity index (χ1v) is 9.36. The van der Waals surface area contributed by atoms with Gasteiger partial charge < -0.3 is 14.4 Å². The van der Waals surface area contributed by atoms with E-state index in [0.29, 0.717) is 23.9 Å². The molecule has 0 radical (unpaired) electrons. The highest BCUT2D eigenvalue weighted by Gasteiger charge is 2.71. The number of nitrogens with zero attached hydrogens (tertiary/aromatic N) is 1. The van der Waals surface area contributed by atoms with Gasteiger partial charge in [-0.15, -0.1) is 0 Å². The summed E-state index contributed by atoms with van der Waals surface area (Å²) in [5, 5.41) is 0. The summed E-state index contributed by atoms with van der Waals surface area (Å²) in [6, 6.07) is 0. The molecule has 126 valence electrons. The van der Waals surface area contributed by atoms with Crippen LogP contribution in [-0.2, 0) is 14.3 Å². The summed E-state index contributed by atoms with van der Waals surface area (Å²) < 4.78 is 12.0. The van der Waals surface area contributed by atoms with E-state index in [4.69, 9.17) is 9.47 Å². The van der Waals surface area contributed by atoms with Crippen LogP contribution in [0.25, 0.3) is 0 Å². The predicted octanol–water partition coefficient (Wildman–Crippen LogP) is 2.38. The van der Waals surface area contributed by atoms with Crippen molar-refractivity contribution in [1.29, 1.82) is 0 Å². The Kier molecular flexibility index (Phi) is 3.04. The number of hydrogen-bond acceptors (Lipinski definition) is 4. The van der Waals surface area contributed by atoms with Gasteiger partial charge in [0, 0.05) is 18.4 Å². The number of carbonyl (C=O) groups is 1. The van der Waals surface area contributed by atoms with Crippen LogP contribution in [0.15, 0.2) is 12.2 Å². The van der Waals surface area contributed by atoms with E-state index < -0.39 is 0 Å². The van der Waals surface area contributed by atoms with E-state index in [1.807, 2.05) is 0 Å². The minimum atomic E-state index is -0.0658. The van der Waals surface area contributed by atoms with Crippen LogP contribution in [0.3, 0.4) is 0 Å². The Morgan fingerprint density at radius 2 is 2.13 bits per heavy atom. The third kappa shape index (κ3) is 2.00. The van der Waals surface area contributed by atoms with Crippen molar-refractivity contribution in [1.82, 2.24) is 4.90 Å². The molecule has 0 amide bonds. The molecule has 0 aromatic rings. The van der Waals surface area contributed by atoms with E-state index in [0.717, 1.165) is 38.9 Å². The molecule has 4 nitrogen and oxygen atoms in total. The molecule has 3 aliphatic heterocycles. The number of rotatable bonds is 2. The number of ether oxygens (including phenoxy) is 2. The average Bonchev–Trinajstić information content (AvgIpc) is 2.86. The highest BCUT2D eigenvalue weighted by molar-refractivity contribution is 5.75. The van der Waals surface area contributed by atoms with Gasteiger partial charge in [-0.1, -0.05) is 12.2 Å². The van der Waals surface area contributed by atoms with Crippen molar-refractivity contribution in [2.75, 3.05) is 19.6 Å². The molecule has 23 heavy (non-hydrogen) atoms. The molecule has 0 aromatic heterocycles. The van der Waals surface area contributed by atoms with Gasteiger partial charge in [0.05, 0.1) is 17.6 Å². The SMILES string of the molecule is C=C1CC[C@@H]2[C@H](OC(=O)[C@H]2CN2CCCC2)[C@@H]2[C@H]1C[C@H]1O[C@@]21C. The van der Waals surface area contributed by atoms with Crippen molar-refractivity contribution in [3.8, 4) is 0 Å². The number of carbonyl (C=O) groups excluding carboxylic acids is 1. The summed E-state index contributed by atoms with van der Waals surface area (Å²) in [6.07, 6.45) is 6.15. The fraction of sp³-hybridized carbons (Fsp3) is 0.842. The van der Waals surface area contributed by atoms with Crippen molar-refractivity contribution in [2.45, 2.75) is 56.8 Å². The standard InChI is InChI=1S/C19H27NO3/c1-11-5-6-12-14(10-20-7-3-4-8-20)18(21)22-17(12)16-13(11)9-15-19(16,2)23-15/h12-17H,1,3-10H2,2H3/t12-,13-,14-,15+,16-,17-,19+/m0/s1. The van der Waals surface area contributed by atoms with Crippen molar-refractivity contribution in [3.63, 3.8) is 0 Å². The van der Waals surface area contributed by atoms with Crippen molar-refractivity contribution < 1.29 is 14.3 Å². The number of allylic oxidation sites excluding steroid dienone is 1. The Morgan fingerprint density at radius 3 is 2.91 bits per heavy atom. The zero-order valence-electron chi connectivity index (χ0n) is 14.0. The van der Waals surface area contributed by atoms with Gasteiger partial charge in [0.15, 0.2) is 0 Å². The molecule has 5 rings (SSSR count). The molecule has 3 heterocycles. The van der Waals surface area contributed by atoms with Crippen molar-refractivity contribution in [3.05, 3.63) is 12.2 Å². The second-order valence-corrected chi connectivity index (χ2v) is 8.53. The van der Waals surface area contributed by atoms with Crippen LogP contribution >= 0.6 is 0 Å². The minimum absolute atomic E-state index is 0.0471. The van der Waals surface area contributed by atoms with Crippen LogP contribution in [0.5, 0.6) is 0 Å². The third-order valence-corrected chi connectivity index (χ3v) is 7.37. The molecule has 7 atom stereocenters. The number of fused-ring (bicyclic) bond motifs is 5. The first kappa shape index (κ1) is 14.5. The van der Waals surface area contributed by atoms with Gasteiger partial charge in [0.1, 0.15) is 6.10 Å². The van der Waals surface area contributed by atoms with Gasteiger partial charge in [0.2, 0.25) is 0 Å². The first-order valence-electron chi connectivity index (χ1n) is 9.36. The molecule has 2 aliphatic carbocycles. The summed E-state index contributed by atoms with van der Waals surface area (Å²) in [5.74, 6) is 1.29. The predicted molar refractivity (Wildman–Crippen MR) is 85.8 cm³/mol. The van der Waals surface area contributed by atoms with Gasteiger partial charge in [-0.05, 0) is 58.0 Å². The molecule has 0 spiro atoms. The summed E-state index contributed by atoms with van der Waals surface area (Å²) in [5.41, 5.74) is 1.31. The second-order valence-electron chi connectivity index (χ2n) is 8.53. The fourth-order valence-electron chi connectivity index (χ4n) is 6.01. The zero-order valence-corrected chi connectivity index (χ0v) is 14.0. The van der Waals surface area contributed by atoms with E-state index in [2.05, 4.69) is 18.4 Å². The Morgan fingerprint density at radius 1 is 1.35 bits per heavy atom. The van der Waals surface area contributed by atoms with Crippen LogP contribution in [0.4, 0.5) is 0 Å². The number of likely N-dealkylation sites (tertiary alicyclic amines) is 1. The normalized spacial score (nSPS) is 51.9. The summed E-state index contributed by atoms with van der Waals surface area (Å²) in [4.78, 5) is 15.1. The Labute approximate surface area is 138 Å². The lowest BCUT2D eigenvalue weighted by Crippen LogP contribution is -2.39. The van der Waals surface area contributed by atoms with Crippen LogP contribution < -0.4 is 0 Å². The molecule has 2 saturated carbocycles. The van der Waals surface area contributed by atoms with Crippen LogP contribution in [0, 0.1) is 23.7 Å². The molecular weight excluding hydrogens is 290 g/mol. The Balaban J connectivity index is 1.43. The Hall–Kier alpha value is -0.870. The quantitative estimate of drug-likeness (QED) is 0.445. The maximum absolute atomic E-state index is 12.6. The molecule has 3 saturated heterocycles. The third-order valence-electron chi connectivity index (χ3n) is 7.37. The van der Waals surface area contributed by atoms with Crippen LogP contribution in [-0.4, -0.2) is 48.3 Å². The van der Waals surface area contributed by atoms with Gasteiger partial charge in [-0.2, -0.15) is 0 Å². The monoisotopic (exact) mass is 317 g/mol. The van der Waals surface area contributed by atoms with Crippen molar-refractivity contribution in [2.24, 2.45) is 23.7 Å². The number of hydrogen-bond donors (Lipinski definition) is 0. The van der Waals surface area contributed by atoms with Crippen LogP contribution in [0.1, 0.15) is 39.0 Å². The number of esters is 1. The van der Waals surface area contributed by atoms with E-state index in [-0.39, 0.29) is 23.6 Å². The minimum Gasteiger partial charge on any atom is -0.461 e. The maximum atomic E-state index is 12.6. The lowest BCUT2D eigenvalue weighted by Gasteiger charge is -2.31.